The van der Waals surface area contributed by atoms with Gasteiger partial charge in [-0.15, -0.1) is 0 Å². The van der Waals surface area contributed by atoms with Crippen LogP contribution in [-0.4, -0.2) is 22.9 Å². The van der Waals surface area contributed by atoms with Crippen molar-refractivity contribution >= 4 is 0 Å². The molecule has 2 bridgehead atoms. The summed E-state index contributed by atoms with van der Waals surface area (Å²) in [7, 11) is 0. The van der Waals surface area contributed by atoms with Crippen molar-refractivity contribution in [2.45, 2.75) is 38.6 Å². The predicted molar refractivity (Wildman–Crippen MR) is 68.7 cm³/mol. The van der Waals surface area contributed by atoms with Gasteiger partial charge in [-0.25, -0.2) is 0 Å². The minimum Gasteiger partial charge on any atom is -0.316 e. The van der Waals surface area contributed by atoms with Crippen molar-refractivity contribution < 1.29 is 0 Å². The maximum absolute atomic E-state index is 4.21. The molecule has 1 aromatic rings. The minimum absolute atomic E-state index is 0.985. The van der Waals surface area contributed by atoms with E-state index >= 15 is 0 Å². The second-order valence-electron chi connectivity index (χ2n) is 5.76. The molecule has 94 valence electrons. The van der Waals surface area contributed by atoms with Crippen LogP contribution in [-0.2, 0) is 6.54 Å². The third-order valence-electron chi connectivity index (χ3n) is 4.59. The second-order valence-corrected chi connectivity index (χ2v) is 5.76. The average Bonchev–Trinajstić information content (AvgIpc) is 3.05. The lowest BCUT2D eigenvalue weighted by Gasteiger charge is -2.21. The standard InChI is InChI=1S/C14H23N3/c1(7-17-8-2-6-16-17)5-15-11-14-10-12-3-4-13(14)9-12/h2,6,8,12-15H,1,3-5,7,9-11H2. The first-order valence-corrected chi connectivity index (χ1v) is 7.10. The zero-order chi connectivity index (χ0) is 11.5. The van der Waals surface area contributed by atoms with Gasteiger partial charge in [-0.1, -0.05) is 6.42 Å². The quantitative estimate of drug-likeness (QED) is 0.764. The summed E-state index contributed by atoms with van der Waals surface area (Å²) in [5, 5.41) is 7.84. The summed E-state index contributed by atoms with van der Waals surface area (Å²) in [6, 6.07) is 1.99. The summed E-state index contributed by atoms with van der Waals surface area (Å²) in [4.78, 5) is 0. The number of nitrogens with one attached hydrogen (secondary N) is 1. The highest BCUT2D eigenvalue weighted by Gasteiger charge is 2.38. The molecule has 3 nitrogen and oxygen atoms in total. The Morgan fingerprint density at radius 1 is 1.29 bits per heavy atom. The van der Waals surface area contributed by atoms with Crippen LogP contribution in [0.5, 0.6) is 0 Å². The number of hydrogen-bond acceptors (Lipinski definition) is 2. The van der Waals surface area contributed by atoms with Crippen LogP contribution >= 0.6 is 0 Å². The molecule has 1 aromatic heterocycles. The molecular weight excluding hydrogens is 210 g/mol. The van der Waals surface area contributed by atoms with Crippen LogP contribution in [0, 0.1) is 17.8 Å². The Morgan fingerprint density at radius 2 is 2.29 bits per heavy atom. The first-order chi connectivity index (χ1) is 8.42. The van der Waals surface area contributed by atoms with Gasteiger partial charge in [-0.2, -0.15) is 5.10 Å². The fourth-order valence-electron chi connectivity index (χ4n) is 3.71. The number of aromatic nitrogens is 2. The van der Waals surface area contributed by atoms with E-state index in [1.54, 1.807) is 0 Å². The maximum Gasteiger partial charge on any atom is 0.0489 e. The van der Waals surface area contributed by atoms with Crippen LogP contribution < -0.4 is 5.32 Å². The van der Waals surface area contributed by atoms with E-state index in [0.29, 0.717) is 0 Å². The monoisotopic (exact) mass is 233 g/mol. The Labute approximate surface area is 104 Å². The van der Waals surface area contributed by atoms with Crippen molar-refractivity contribution in [2.24, 2.45) is 17.8 Å². The van der Waals surface area contributed by atoms with Gasteiger partial charge < -0.3 is 5.32 Å². The van der Waals surface area contributed by atoms with Gasteiger partial charge in [0.05, 0.1) is 0 Å². The van der Waals surface area contributed by atoms with Crippen LogP contribution in [0.3, 0.4) is 0 Å². The number of hydrogen-bond donors (Lipinski definition) is 1. The third kappa shape index (κ3) is 2.71. The lowest BCUT2D eigenvalue weighted by Crippen LogP contribution is -2.27. The topological polar surface area (TPSA) is 29.9 Å². The molecule has 1 N–H and O–H groups in total. The molecule has 2 fully saturated rings. The number of fused-ring (bicyclic) bond motifs is 2. The Morgan fingerprint density at radius 3 is 3.00 bits per heavy atom. The fourth-order valence-corrected chi connectivity index (χ4v) is 3.71. The maximum atomic E-state index is 4.21. The molecule has 3 rings (SSSR count). The van der Waals surface area contributed by atoms with Gasteiger partial charge in [-0.05, 0) is 62.6 Å². The molecule has 2 aliphatic rings. The summed E-state index contributed by atoms with van der Waals surface area (Å²) in [6.45, 7) is 3.42. The Bertz CT molecular complexity index is 333. The van der Waals surface area contributed by atoms with E-state index in [-0.39, 0.29) is 0 Å². The van der Waals surface area contributed by atoms with Crippen LogP contribution in [0.25, 0.3) is 0 Å². The zero-order valence-electron chi connectivity index (χ0n) is 10.5. The van der Waals surface area contributed by atoms with Gasteiger partial charge in [0.2, 0.25) is 0 Å². The van der Waals surface area contributed by atoms with Gasteiger partial charge in [0.25, 0.3) is 0 Å². The van der Waals surface area contributed by atoms with E-state index in [0.717, 1.165) is 30.8 Å². The molecule has 0 aromatic carbocycles. The third-order valence-corrected chi connectivity index (χ3v) is 4.59. The Balaban J connectivity index is 1.28. The summed E-state index contributed by atoms with van der Waals surface area (Å²) in [6.07, 6.45) is 11.1. The molecule has 3 atom stereocenters. The van der Waals surface area contributed by atoms with E-state index in [2.05, 4.69) is 10.4 Å². The highest BCUT2D eigenvalue weighted by molar-refractivity contribution is 4.90. The van der Waals surface area contributed by atoms with E-state index in [1.807, 2.05) is 23.1 Å². The SMILES string of the molecule is c1cnn(CCCNCC2CC3CCC2C3)c1. The second kappa shape index (κ2) is 5.21. The molecular formula is C14H23N3. The van der Waals surface area contributed by atoms with Gasteiger partial charge in [0.1, 0.15) is 0 Å². The molecule has 3 unspecified atom stereocenters. The lowest BCUT2D eigenvalue weighted by molar-refractivity contribution is 0.317. The van der Waals surface area contributed by atoms with Gasteiger partial charge in [0, 0.05) is 18.9 Å². The average molecular weight is 233 g/mol. The molecule has 0 spiro atoms. The summed E-state index contributed by atoms with van der Waals surface area (Å²) >= 11 is 0. The van der Waals surface area contributed by atoms with Crippen molar-refractivity contribution in [1.29, 1.82) is 0 Å². The highest BCUT2D eigenvalue weighted by Crippen LogP contribution is 2.47. The molecule has 3 heteroatoms. The zero-order valence-corrected chi connectivity index (χ0v) is 10.5. The van der Waals surface area contributed by atoms with Crippen LogP contribution in [0.4, 0.5) is 0 Å². The van der Waals surface area contributed by atoms with E-state index in [1.165, 1.54) is 38.6 Å². The van der Waals surface area contributed by atoms with Crippen molar-refractivity contribution in [3.63, 3.8) is 0 Å². The molecule has 2 saturated carbocycles. The summed E-state index contributed by atoms with van der Waals surface area (Å²) in [5.41, 5.74) is 0. The summed E-state index contributed by atoms with van der Waals surface area (Å²) < 4.78 is 2.01. The van der Waals surface area contributed by atoms with Crippen molar-refractivity contribution in [2.75, 3.05) is 13.1 Å². The van der Waals surface area contributed by atoms with Gasteiger partial charge in [-0.3, -0.25) is 4.68 Å². The fraction of sp³-hybridized carbons (Fsp3) is 0.786. The van der Waals surface area contributed by atoms with Crippen molar-refractivity contribution in [3.05, 3.63) is 18.5 Å². The van der Waals surface area contributed by atoms with Gasteiger partial charge in [0.15, 0.2) is 0 Å². The van der Waals surface area contributed by atoms with E-state index in [4.69, 9.17) is 0 Å². The smallest absolute Gasteiger partial charge is 0.0489 e. The highest BCUT2D eigenvalue weighted by atomic mass is 15.3. The van der Waals surface area contributed by atoms with Crippen LogP contribution in [0.15, 0.2) is 18.5 Å². The largest absolute Gasteiger partial charge is 0.316 e. The van der Waals surface area contributed by atoms with Crippen LogP contribution in [0.1, 0.15) is 32.1 Å². The normalized spacial score (nSPS) is 31.2. The molecule has 0 radical (unpaired) electrons. The Kier molecular flexibility index (Phi) is 3.46. The van der Waals surface area contributed by atoms with E-state index in [9.17, 15) is 0 Å². The molecule has 1 heterocycles. The van der Waals surface area contributed by atoms with E-state index < -0.39 is 0 Å². The van der Waals surface area contributed by atoms with Gasteiger partial charge >= 0.3 is 0 Å². The first-order valence-electron chi connectivity index (χ1n) is 7.10. The van der Waals surface area contributed by atoms with Crippen LogP contribution in [0.2, 0.25) is 0 Å². The minimum atomic E-state index is 0.985. The summed E-state index contributed by atoms with van der Waals surface area (Å²) in [5.74, 6) is 3.12. The molecule has 0 aliphatic heterocycles. The lowest BCUT2D eigenvalue weighted by atomic mass is 9.89. The predicted octanol–water partition coefficient (Wildman–Crippen LogP) is 2.30. The van der Waals surface area contributed by atoms with Crippen molar-refractivity contribution in [1.82, 2.24) is 15.1 Å². The number of rotatable bonds is 6. The number of nitrogens with zero attached hydrogens (tertiary/aromatic N) is 2. The first kappa shape index (κ1) is 11.3. The number of aryl methyl sites for hydroxylation is 1. The van der Waals surface area contributed by atoms with Crippen molar-refractivity contribution in [3.8, 4) is 0 Å². The molecule has 0 saturated heterocycles. The molecule has 0 amide bonds. The Hall–Kier alpha value is -0.830. The molecule has 2 aliphatic carbocycles. The molecule has 17 heavy (non-hydrogen) atoms.